The van der Waals surface area contributed by atoms with Gasteiger partial charge in [0.05, 0.1) is 15.6 Å². The number of aliphatic hydroxyl groups is 1. The predicted octanol–water partition coefficient (Wildman–Crippen LogP) is 3.94. The maximum Gasteiger partial charge on any atom is 0.273 e. The first-order chi connectivity index (χ1) is 9.81. The fourth-order valence-corrected chi connectivity index (χ4v) is 2.95. The molecule has 0 fully saturated rings. The van der Waals surface area contributed by atoms with Gasteiger partial charge in [0.2, 0.25) is 0 Å². The first kappa shape index (κ1) is 15.8. The van der Waals surface area contributed by atoms with Gasteiger partial charge in [-0.15, -0.1) is 0 Å². The Morgan fingerprint density at radius 1 is 1.52 bits per heavy atom. The van der Waals surface area contributed by atoms with Crippen molar-refractivity contribution in [3.63, 3.8) is 0 Å². The average molecular weight is 327 g/mol. The van der Waals surface area contributed by atoms with Crippen molar-refractivity contribution in [2.75, 3.05) is 11.9 Å². The van der Waals surface area contributed by atoms with Gasteiger partial charge in [0.15, 0.2) is 0 Å². The molecule has 0 aliphatic rings. The Balaban J connectivity index is 2.17. The Labute approximate surface area is 131 Å². The van der Waals surface area contributed by atoms with E-state index in [1.807, 2.05) is 16.8 Å². The van der Waals surface area contributed by atoms with E-state index in [-0.39, 0.29) is 17.3 Å². The molecule has 2 aromatic rings. The molecule has 7 heteroatoms. The van der Waals surface area contributed by atoms with E-state index in [1.165, 1.54) is 17.4 Å². The van der Waals surface area contributed by atoms with E-state index >= 15 is 0 Å². The monoisotopic (exact) mass is 326 g/mol. The van der Waals surface area contributed by atoms with Crippen LogP contribution in [0.3, 0.4) is 0 Å². The van der Waals surface area contributed by atoms with E-state index in [0.717, 1.165) is 5.56 Å². The predicted molar refractivity (Wildman–Crippen MR) is 85.2 cm³/mol. The maximum atomic E-state index is 10.8. The van der Waals surface area contributed by atoms with Gasteiger partial charge in [0.25, 0.3) is 5.69 Å². The molecule has 1 aromatic heterocycles. The number of benzene rings is 1. The van der Waals surface area contributed by atoms with Crippen molar-refractivity contribution in [3.05, 3.63) is 55.2 Å². The minimum Gasteiger partial charge on any atom is -0.384 e. The van der Waals surface area contributed by atoms with E-state index < -0.39 is 10.5 Å². The summed E-state index contributed by atoms with van der Waals surface area (Å²) in [6.07, 6.45) is 0. The second kappa shape index (κ2) is 6.01. The lowest BCUT2D eigenvalue weighted by Crippen LogP contribution is -2.30. The van der Waals surface area contributed by atoms with E-state index in [1.54, 1.807) is 19.9 Å². The summed E-state index contributed by atoms with van der Waals surface area (Å²) >= 11 is 7.56. The van der Waals surface area contributed by atoms with Gasteiger partial charge in [-0.25, -0.2) is 0 Å². The van der Waals surface area contributed by atoms with Crippen LogP contribution >= 0.6 is 22.9 Å². The third kappa shape index (κ3) is 3.53. The standard InChI is InChI=1S/C14H15ClN2O3S/c1-9-5-12(11(15)6-13(9)17(19)20)16-8-14(2,18)10-3-4-21-7-10/h3-7,16,18H,8H2,1-2H3. The number of anilines is 1. The Morgan fingerprint density at radius 3 is 2.81 bits per heavy atom. The second-order valence-electron chi connectivity index (χ2n) is 5.02. The molecule has 1 heterocycles. The highest BCUT2D eigenvalue weighted by atomic mass is 35.5. The molecule has 1 unspecified atom stereocenters. The second-order valence-corrected chi connectivity index (χ2v) is 6.20. The van der Waals surface area contributed by atoms with Gasteiger partial charge in [-0.1, -0.05) is 11.6 Å². The number of hydrogen-bond donors (Lipinski definition) is 2. The summed E-state index contributed by atoms with van der Waals surface area (Å²) in [5, 5.41) is 28.4. The lowest BCUT2D eigenvalue weighted by molar-refractivity contribution is -0.385. The van der Waals surface area contributed by atoms with Crippen LogP contribution in [0, 0.1) is 17.0 Å². The van der Waals surface area contributed by atoms with Gasteiger partial charge in [0, 0.05) is 18.2 Å². The minimum atomic E-state index is -1.04. The number of nitro groups is 1. The van der Waals surface area contributed by atoms with Crippen LogP contribution < -0.4 is 5.32 Å². The molecule has 1 atom stereocenters. The summed E-state index contributed by atoms with van der Waals surface area (Å²) in [5.74, 6) is 0. The number of thiophene rings is 1. The zero-order valence-electron chi connectivity index (χ0n) is 11.6. The van der Waals surface area contributed by atoms with Crippen LogP contribution in [0.25, 0.3) is 0 Å². The SMILES string of the molecule is Cc1cc(NCC(C)(O)c2ccsc2)c(Cl)cc1[N+](=O)[O-]. The van der Waals surface area contributed by atoms with Crippen LogP contribution in [0.2, 0.25) is 5.02 Å². The minimum absolute atomic E-state index is 0.0184. The van der Waals surface area contributed by atoms with E-state index in [2.05, 4.69) is 5.32 Å². The van der Waals surface area contributed by atoms with Crippen molar-refractivity contribution in [3.8, 4) is 0 Å². The van der Waals surface area contributed by atoms with Gasteiger partial charge in [0.1, 0.15) is 5.60 Å². The molecule has 1 aromatic carbocycles. The molecule has 21 heavy (non-hydrogen) atoms. The molecule has 5 nitrogen and oxygen atoms in total. The average Bonchev–Trinajstić information content (AvgIpc) is 2.93. The normalized spacial score (nSPS) is 13.7. The third-order valence-corrected chi connectivity index (χ3v) is 4.24. The highest BCUT2D eigenvalue weighted by Gasteiger charge is 2.24. The quantitative estimate of drug-likeness (QED) is 0.644. The fourth-order valence-electron chi connectivity index (χ4n) is 1.94. The molecular formula is C14H15ClN2O3S. The van der Waals surface area contributed by atoms with Crippen molar-refractivity contribution >= 4 is 34.3 Å². The Bertz CT molecular complexity index is 656. The summed E-state index contributed by atoms with van der Waals surface area (Å²) < 4.78 is 0. The number of rotatable bonds is 5. The van der Waals surface area contributed by atoms with Crippen molar-refractivity contribution in [2.24, 2.45) is 0 Å². The first-order valence-corrected chi connectivity index (χ1v) is 7.57. The van der Waals surface area contributed by atoms with E-state index in [4.69, 9.17) is 11.6 Å². The summed E-state index contributed by atoms with van der Waals surface area (Å²) in [6.45, 7) is 3.60. The summed E-state index contributed by atoms with van der Waals surface area (Å²) in [6, 6.07) is 4.79. The first-order valence-electron chi connectivity index (χ1n) is 6.25. The van der Waals surface area contributed by atoms with Crippen molar-refractivity contribution in [1.29, 1.82) is 0 Å². The molecule has 0 amide bonds. The summed E-state index contributed by atoms with van der Waals surface area (Å²) in [5.41, 5.74) is 0.834. The molecule has 0 bridgehead atoms. The topological polar surface area (TPSA) is 75.4 Å². The van der Waals surface area contributed by atoms with E-state index in [9.17, 15) is 15.2 Å². The highest BCUT2D eigenvalue weighted by molar-refractivity contribution is 7.08. The summed E-state index contributed by atoms with van der Waals surface area (Å²) in [7, 11) is 0. The molecule has 0 spiro atoms. The maximum absolute atomic E-state index is 10.8. The van der Waals surface area contributed by atoms with Crippen molar-refractivity contribution in [2.45, 2.75) is 19.4 Å². The fraction of sp³-hybridized carbons (Fsp3) is 0.286. The van der Waals surface area contributed by atoms with Crippen LogP contribution in [-0.2, 0) is 5.60 Å². The lowest BCUT2D eigenvalue weighted by Gasteiger charge is -2.24. The molecular weight excluding hydrogens is 312 g/mol. The molecule has 0 aliphatic heterocycles. The van der Waals surface area contributed by atoms with E-state index in [0.29, 0.717) is 11.3 Å². The van der Waals surface area contributed by atoms with Crippen LogP contribution in [0.5, 0.6) is 0 Å². The third-order valence-electron chi connectivity index (χ3n) is 3.25. The van der Waals surface area contributed by atoms with Crippen LogP contribution in [0.4, 0.5) is 11.4 Å². The molecule has 0 aliphatic carbocycles. The Hall–Kier alpha value is -1.63. The number of aryl methyl sites for hydroxylation is 1. The molecule has 112 valence electrons. The smallest absolute Gasteiger partial charge is 0.273 e. The zero-order chi connectivity index (χ0) is 15.6. The summed E-state index contributed by atoms with van der Waals surface area (Å²) in [4.78, 5) is 10.4. The highest BCUT2D eigenvalue weighted by Crippen LogP contribution is 2.31. The number of nitro benzene ring substituents is 1. The molecule has 0 saturated heterocycles. The van der Waals surface area contributed by atoms with Crippen LogP contribution in [0.15, 0.2) is 29.0 Å². The van der Waals surface area contributed by atoms with Gasteiger partial charge < -0.3 is 10.4 Å². The number of nitrogens with zero attached hydrogens (tertiary/aromatic N) is 1. The number of halogens is 1. The lowest BCUT2D eigenvalue weighted by atomic mass is 9.99. The molecule has 0 saturated carbocycles. The van der Waals surface area contributed by atoms with Gasteiger partial charge in [-0.2, -0.15) is 11.3 Å². The van der Waals surface area contributed by atoms with Crippen LogP contribution in [-0.4, -0.2) is 16.6 Å². The number of hydrogen-bond acceptors (Lipinski definition) is 5. The molecule has 0 radical (unpaired) electrons. The van der Waals surface area contributed by atoms with Crippen molar-refractivity contribution < 1.29 is 10.0 Å². The van der Waals surface area contributed by atoms with Crippen LogP contribution in [0.1, 0.15) is 18.1 Å². The molecule has 2 rings (SSSR count). The molecule has 2 N–H and O–H groups in total. The van der Waals surface area contributed by atoms with Crippen molar-refractivity contribution in [1.82, 2.24) is 0 Å². The zero-order valence-corrected chi connectivity index (χ0v) is 13.2. The van der Waals surface area contributed by atoms with Gasteiger partial charge >= 0.3 is 0 Å². The number of nitrogens with one attached hydrogen (secondary N) is 1. The Morgan fingerprint density at radius 2 is 2.24 bits per heavy atom. The van der Waals surface area contributed by atoms with Gasteiger partial charge in [-0.05, 0) is 42.3 Å². The Kier molecular flexibility index (Phi) is 4.51. The largest absolute Gasteiger partial charge is 0.384 e. The van der Waals surface area contributed by atoms with Gasteiger partial charge in [-0.3, -0.25) is 10.1 Å².